The van der Waals surface area contributed by atoms with Gasteiger partial charge in [-0.25, -0.2) is 4.99 Å². The van der Waals surface area contributed by atoms with Crippen molar-refractivity contribution in [2.75, 3.05) is 26.3 Å². The lowest BCUT2D eigenvalue weighted by atomic mass is 10.2. The predicted molar refractivity (Wildman–Crippen MR) is 103 cm³/mol. The summed E-state index contributed by atoms with van der Waals surface area (Å²) in [4.78, 5) is 6.76. The third-order valence-electron chi connectivity index (χ3n) is 4.17. The second-order valence-corrected chi connectivity index (χ2v) is 5.91. The zero-order valence-corrected chi connectivity index (χ0v) is 15.8. The summed E-state index contributed by atoms with van der Waals surface area (Å²) in [5, 5.41) is 0. The lowest BCUT2D eigenvalue weighted by Crippen LogP contribution is -2.38. The van der Waals surface area contributed by atoms with E-state index in [1.54, 1.807) is 0 Å². The summed E-state index contributed by atoms with van der Waals surface area (Å²) in [5.74, 6) is 2.30. The van der Waals surface area contributed by atoms with Crippen LogP contribution in [0.15, 0.2) is 23.2 Å². The Morgan fingerprint density at radius 1 is 1.00 bits per heavy atom. The van der Waals surface area contributed by atoms with Crippen LogP contribution in [0.25, 0.3) is 0 Å². The van der Waals surface area contributed by atoms with E-state index in [1.807, 2.05) is 18.2 Å². The lowest BCUT2D eigenvalue weighted by molar-refractivity contribution is 0.297. The highest BCUT2D eigenvalue weighted by Gasteiger charge is 2.12. The molecule has 1 saturated heterocycles. The summed E-state index contributed by atoms with van der Waals surface area (Å²) < 4.78 is 11.4. The van der Waals surface area contributed by atoms with Gasteiger partial charge in [0.05, 0.1) is 19.8 Å². The van der Waals surface area contributed by atoms with Gasteiger partial charge in [-0.1, -0.05) is 18.9 Å². The fourth-order valence-electron chi connectivity index (χ4n) is 2.88. The van der Waals surface area contributed by atoms with Crippen molar-refractivity contribution in [2.24, 2.45) is 10.7 Å². The van der Waals surface area contributed by atoms with Gasteiger partial charge in [0, 0.05) is 19.5 Å². The standard InChI is InChI=1S/C17H25N3O2.HI/c18-17(20-8-3-1-2-4-9-20)19-13-14-6-7-15-16(12-14)22-11-5-10-21-15;/h6-7,12H,1-5,8-11,13H2,(H2,18,19);1H. The van der Waals surface area contributed by atoms with Gasteiger partial charge in [0.15, 0.2) is 17.5 Å². The normalized spacial score (nSPS) is 18.6. The van der Waals surface area contributed by atoms with Crippen LogP contribution in [-0.2, 0) is 6.54 Å². The number of rotatable bonds is 2. The van der Waals surface area contributed by atoms with Gasteiger partial charge in [-0.3, -0.25) is 0 Å². The number of benzene rings is 1. The summed E-state index contributed by atoms with van der Waals surface area (Å²) in [6.07, 6.45) is 5.93. The van der Waals surface area contributed by atoms with Gasteiger partial charge in [0.1, 0.15) is 0 Å². The van der Waals surface area contributed by atoms with E-state index in [4.69, 9.17) is 15.2 Å². The number of fused-ring (bicyclic) bond motifs is 1. The maximum atomic E-state index is 6.15. The fourth-order valence-corrected chi connectivity index (χ4v) is 2.88. The van der Waals surface area contributed by atoms with E-state index in [9.17, 15) is 0 Å². The minimum Gasteiger partial charge on any atom is -0.490 e. The number of likely N-dealkylation sites (tertiary alicyclic amines) is 1. The number of nitrogens with zero attached hydrogens (tertiary/aromatic N) is 2. The monoisotopic (exact) mass is 431 g/mol. The first kappa shape index (κ1) is 18.2. The number of hydrogen-bond donors (Lipinski definition) is 1. The smallest absolute Gasteiger partial charge is 0.191 e. The minimum absolute atomic E-state index is 0. The van der Waals surface area contributed by atoms with Gasteiger partial charge in [-0.15, -0.1) is 24.0 Å². The summed E-state index contributed by atoms with van der Waals surface area (Å²) in [5.41, 5.74) is 7.25. The number of nitrogens with two attached hydrogens (primary N) is 1. The molecule has 23 heavy (non-hydrogen) atoms. The molecule has 0 saturated carbocycles. The molecule has 0 amide bonds. The highest BCUT2D eigenvalue weighted by Crippen LogP contribution is 2.30. The molecule has 0 bridgehead atoms. The summed E-state index contributed by atoms with van der Waals surface area (Å²) >= 11 is 0. The number of guanidine groups is 1. The second kappa shape index (κ2) is 9.20. The second-order valence-electron chi connectivity index (χ2n) is 5.91. The first-order chi connectivity index (χ1) is 10.8. The Morgan fingerprint density at radius 2 is 1.70 bits per heavy atom. The molecule has 1 aromatic carbocycles. The average molecular weight is 431 g/mol. The quantitative estimate of drug-likeness (QED) is 0.444. The van der Waals surface area contributed by atoms with Crippen molar-refractivity contribution in [1.29, 1.82) is 0 Å². The van der Waals surface area contributed by atoms with E-state index in [2.05, 4.69) is 9.89 Å². The largest absolute Gasteiger partial charge is 0.490 e. The van der Waals surface area contributed by atoms with Gasteiger partial charge in [0.2, 0.25) is 0 Å². The van der Waals surface area contributed by atoms with Crippen LogP contribution in [0.4, 0.5) is 0 Å². The molecule has 5 nitrogen and oxygen atoms in total. The van der Waals surface area contributed by atoms with Crippen LogP contribution in [0.2, 0.25) is 0 Å². The molecule has 0 radical (unpaired) electrons. The SMILES string of the molecule is I.NC(=NCc1ccc2c(c1)OCCCO2)N1CCCCCC1. The summed E-state index contributed by atoms with van der Waals surface area (Å²) in [6.45, 7) is 4.05. The molecule has 128 valence electrons. The predicted octanol–water partition coefficient (Wildman–Crippen LogP) is 3.16. The third-order valence-corrected chi connectivity index (χ3v) is 4.17. The molecule has 1 aromatic rings. The molecule has 2 N–H and O–H groups in total. The summed E-state index contributed by atoms with van der Waals surface area (Å²) in [7, 11) is 0. The van der Waals surface area contributed by atoms with Crippen LogP contribution in [0.3, 0.4) is 0 Å². The summed E-state index contributed by atoms with van der Waals surface area (Å²) in [6, 6.07) is 6.01. The molecule has 1 fully saturated rings. The lowest BCUT2D eigenvalue weighted by Gasteiger charge is -2.21. The Kier molecular flexibility index (Phi) is 7.26. The Hall–Kier alpha value is -1.18. The van der Waals surface area contributed by atoms with Crippen LogP contribution >= 0.6 is 24.0 Å². The van der Waals surface area contributed by atoms with Gasteiger partial charge in [-0.2, -0.15) is 0 Å². The van der Waals surface area contributed by atoms with Gasteiger partial charge < -0.3 is 20.1 Å². The van der Waals surface area contributed by atoms with Crippen molar-refractivity contribution in [3.8, 4) is 11.5 Å². The zero-order valence-electron chi connectivity index (χ0n) is 13.5. The topological polar surface area (TPSA) is 60.1 Å². The zero-order chi connectivity index (χ0) is 15.2. The van der Waals surface area contributed by atoms with E-state index in [0.29, 0.717) is 25.7 Å². The number of halogens is 1. The van der Waals surface area contributed by atoms with Gasteiger partial charge in [-0.05, 0) is 30.5 Å². The Bertz CT molecular complexity index is 529. The van der Waals surface area contributed by atoms with E-state index in [-0.39, 0.29) is 24.0 Å². The number of ether oxygens (including phenoxy) is 2. The van der Waals surface area contributed by atoms with Crippen molar-refractivity contribution in [1.82, 2.24) is 4.90 Å². The minimum atomic E-state index is 0. The van der Waals surface area contributed by atoms with E-state index in [0.717, 1.165) is 36.6 Å². The molecule has 0 aliphatic carbocycles. The first-order valence-corrected chi connectivity index (χ1v) is 8.26. The Labute approximate surface area is 155 Å². The van der Waals surface area contributed by atoms with Gasteiger partial charge in [0.25, 0.3) is 0 Å². The van der Waals surface area contributed by atoms with Crippen molar-refractivity contribution >= 4 is 29.9 Å². The van der Waals surface area contributed by atoms with Crippen molar-refractivity contribution < 1.29 is 9.47 Å². The molecule has 0 unspecified atom stereocenters. The molecular formula is C17H26IN3O2. The maximum absolute atomic E-state index is 6.15. The molecule has 0 aromatic heterocycles. The molecule has 3 rings (SSSR count). The first-order valence-electron chi connectivity index (χ1n) is 8.26. The highest BCUT2D eigenvalue weighted by atomic mass is 127. The molecule has 0 atom stereocenters. The average Bonchev–Trinajstić information content (AvgIpc) is 2.94. The van der Waals surface area contributed by atoms with Crippen LogP contribution < -0.4 is 15.2 Å². The number of aliphatic imine (C=N–C) groups is 1. The van der Waals surface area contributed by atoms with Crippen molar-refractivity contribution in [2.45, 2.75) is 38.6 Å². The highest BCUT2D eigenvalue weighted by molar-refractivity contribution is 14.0. The van der Waals surface area contributed by atoms with Crippen LogP contribution in [0.5, 0.6) is 11.5 Å². The Balaban J connectivity index is 0.00000192. The third kappa shape index (κ3) is 5.16. The van der Waals surface area contributed by atoms with Crippen molar-refractivity contribution in [3.63, 3.8) is 0 Å². The molecule has 6 heteroatoms. The molecular weight excluding hydrogens is 405 g/mol. The van der Waals surface area contributed by atoms with Crippen molar-refractivity contribution in [3.05, 3.63) is 23.8 Å². The van der Waals surface area contributed by atoms with Crippen LogP contribution in [-0.4, -0.2) is 37.2 Å². The number of hydrogen-bond acceptors (Lipinski definition) is 3. The van der Waals surface area contributed by atoms with Crippen LogP contribution in [0.1, 0.15) is 37.7 Å². The molecule has 2 aliphatic rings. The molecule has 0 spiro atoms. The molecule has 2 heterocycles. The van der Waals surface area contributed by atoms with Crippen LogP contribution in [0, 0.1) is 0 Å². The Morgan fingerprint density at radius 3 is 2.43 bits per heavy atom. The van der Waals surface area contributed by atoms with E-state index < -0.39 is 0 Å². The van der Waals surface area contributed by atoms with Gasteiger partial charge >= 0.3 is 0 Å². The van der Waals surface area contributed by atoms with E-state index in [1.165, 1.54) is 25.7 Å². The van der Waals surface area contributed by atoms with E-state index >= 15 is 0 Å². The fraction of sp³-hybridized carbons (Fsp3) is 0.588. The maximum Gasteiger partial charge on any atom is 0.191 e. The molecule has 2 aliphatic heterocycles.